The van der Waals surface area contributed by atoms with Gasteiger partial charge in [-0.15, -0.1) is 5.10 Å². The van der Waals surface area contributed by atoms with Crippen molar-refractivity contribution in [3.63, 3.8) is 0 Å². The number of rotatable bonds is 6. The van der Waals surface area contributed by atoms with E-state index in [4.69, 9.17) is 0 Å². The lowest BCUT2D eigenvalue weighted by atomic mass is 9.64. The molecule has 2 aromatic heterocycles. The highest BCUT2D eigenvalue weighted by Crippen LogP contribution is 2.46. The summed E-state index contributed by atoms with van der Waals surface area (Å²) in [7, 11) is 0. The number of nitrogens with zero attached hydrogens (tertiary/aromatic N) is 6. The first-order valence-corrected chi connectivity index (χ1v) is 11.5. The predicted octanol–water partition coefficient (Wildman–Crippen LogP) is 3.33. The Morgan fingerprint density at radius 2 is 2.10 bits per heavy atom. The molecular weight excluding hydrogens is 415 g/mol. The van der Waals surface area contributed by atoms with Crippen molar-refractivity contribution in [3.8, 4) is 5.69 Å². The second kappa shape index (κ2) is 8.20. The normalized spacial score (nSPS) is 23.4. The Morgan fingerprint density at radius 1 is 1.26 bits per heavy atom. The fraction of sp³-hybridized carbons (Fsp3) is 0.455. The van der Waals surface area contributed by atoms with Gasteiger partial charge in [-0.1, -0.05) is 6.92 Å². The molecule has 0 amide bonds. The number of fused-ring (bicyclic) bond motifs is 2. The van der Waals surface area contributed by atoms with Gasteiger partial charge in [-0.2, -0.15) is 15.0 Å². The molecule has 1 saturated heterocycles. The van der Waals surface area contributed by atoms with E-state index >= 15 is 0 Å². The third-order valence-electron chi connectivity index (χ3n) is 6.39. The van der Waals surface area contributed by atoms with E-state index in [2.05, 4.69) is 26.5 Å². The van der Waals surface area contributed by atoms with Gasteiger partial charge in [-0.25, -0.2) is 13.4 Å². The smallest absolute Gasteiger partial charge is 0.153 e. The fourth-order valence-electron chi connectivity index (χ4n) is 4.81. The van der Waals surface area contributed by atoms with E-state index in [1.807, 2.05) is 10.9 Å². The van der Waals surface area contributed by atoms with Gasteiger partial charge < -0.3 is 4.79 Å². The van der Waals surface area contributed by atoms with E-state index in [9.17, 15) is 9.18 Å². The maximum absolute atomic E-state index is 13.3. The maximum Gasteiger partial charge on any atom is 0.153 e. The molecule has 1 aromatic carbocycles. The predicted molar refractivity (Wildman–Crippen MR) is 115 cm³/mol. The largest absolute Gasteiger partial charge is 0.303 e. The van der Waals surface area contributed by atoms with E-state index in [0.717, 1.165) is 60.6 Å². The van der Waals surface area contributed by atoms with Gasteiger partial charge in [0.1, 0.15) is 12.1 Å². The zero-order valence-corrected chi connectivity index (χ0v) is 18.3. The van der Waals surface area contributed by atoms with E-state index in [1.54, 1.807) is 35.1 Å². The molecule has 1 fully saturated rings. The molecule has 0 spiro atoms. The van der Waals surface area contributed by atoms with Crippen molar-refractivity contribution in [1.29, 1.82) is 0 Å². The number of benzene rings is 1. The quantitative estimate of drug-likeness (QED) is 0.433. The summed E-state index contributed by atoms with van der Waals surface area (Å²) in [5.74, 6) is 0.00497. The molecule has 2 unspecified atom stereocenters. The lowest BCUT2D eigenvalue weighted by Crippen LogP contribution is -2.51. The van der Waals surface area contributed by atoms with Crippen LogP contribution in [0.15, 0.2) is 41.7 Å². The van der Waals surface area contributed by atoms with E-state index < -0.39 is 5.41 Å². The fourth-order valence-corrected chi connectivity index (χ4v) is 5.80. The molecule has 2 aliphatic rings. The summed E-state index contributed by atoms with van der Waals surface area (Å²) < 4.78 is 17.5. The minimum Gasteiger partial charge on any atom is -0.303 e. The average Bonchev–Trinajstić information content (AvgIpc) is 3.39. The van der Waals surface area contributed by atoms with Crippen LogP contribution in [0.3, 0.4) is 0 Å². The molecule has 1 aliphatic carbocycles. The Kier molecular flexibility index (Phi) is 5.39. The Bertz CT molecular complexity index is 1080. The maximum atomic E-state index is 13.3. The van der Waals surface area contributed by atoms with E-state index in [0.29, 0.717) is 13.0 Å². The summed E-state index contributed by atoms with van der Waals surface area (Å²) in [6.07, 6.45) is 8.23. The van der Waals surface area contributed by atoms with Crippen LogP contribution in [0.4, 0.5) is 4.39 Å². The molecule has 31 heavy (non-hydrogen) atoms. The Labute approximate surface area is 184 Å². The van der Waals surface area contributed by atoms with Crippen LogP contribution in [0.5, 0.6) is 0 Å². The molecule has 0 saturated carbocycles. The topological polar surface area (TPSA) is 68.8 Å². The lowest BCUT2D eigenvalue weighted by Gasteiger charge is -2.47. The number of aromatic nitrogens is 5. The number of hydrogen-bond donors (Lipinski definition) is 0. The zero-order chi connectivity index (χ0) is 21.4. The van der Waals surface area contributed by atoms with Gasteiger partial charge in [-0.3, -0.25) is 0 Å². The van der Waals surface area contributed by atoms with Crippen molar-refractivity contribution in [1.82, 2.24) is 29.1 Å². The van der Waals surface area contributed by atoms with Gasteiger partial charge in [0.25, 0.3) is 0 Å². The van der Waals surface area contributed by atoms with Crippen molar-refractivity contribution < 1.29 is 9.18 Å². The molecule has 1 aliphatic heterocycles. The van der Waals surface area contributed by atoms with Crippen molar-refractivity contribution in [2.24, 2.45) is 11.3 Å². The van der Waals surface area contributed by atoms with Crippen LogP contribution in [0.25, 0.3) is 5.69 Å². The summed E-state index contributed by atoms with van der Waals surface area (Å²) in [5.41, 5.74) is 2.67. The molecular formula is C22H25FN6OS. The van der Waals surface area contributed by atoms with Crippen molar-refractivity contribution >= 4 is 18.2 Å². The Hall–Kier alpha value is -2.52. The van der Waals surface area contributed by atoms with Crippen LogP contribution in [-0.4, -0.2) is 48.5 Å². The third-order valence-corrected chi connectivity index (χ3v) is 7.34. The molecule has 162 valence electrons. The molecule has 0 radical (unpaired) electrons. The highest BCUT2D eigenvalue weighted by Gasteiger charge is 2.48. The zero-order valence-electron chi connectivity index (χ0n) is 17.4. The number of hydrogen-bond acceptors (Lipinski definition) is 6. The van der Waals surface area contributed by atoms with Gasteiger partial charge in [0.2, 0.25) is 0 Å². The standard InChI is InChI=1S/C22H25FN6OS/c1-2-8-28-24-13-21(26-28)31-27-9-7-17-10-20-16(11-22(17,14-27)15-30)12-25-29(20)19-5-3-18(23)4-6-19/h3-6,12-13,15,17H,2,7-11,14H2,1H3. The highest BCUT2D eigenvalue weighted by atomic mass is 32.2. The first-order chi connectivity index (χ1) is 15.1. The molecule has 0 N–H and O–H groups in total. The number of aldehydes is 1. The summed E-state index contributed by atoms with van der Waals surface area (Å²) in [5, 5.41) is 14.3. The van der Waals surface area contributed by atoms with Crippen molar-refractivity contribution in [3.05, 3.63) is 53.7 Å². The second-order valence-electron chi connectivity index (χ2n) is 8.46. The summed E-state index contributed by atoms with van der Waals surface area (Å²) in [4.78, 5) is 14.1. The van der Waals surface area contributed by atoms with Gasteiger partial charge in [0.15, 0.2) is 5.03 Å². The number of carbonyl (C=O) groups is 1. The summed E-state index contributed by atoms with van der Waals surface area (Å²) >= 11 is 1.59. The number of piperidine rings is 1. The van der Waals surface area contributed by atoms with Gasteiger partial charge >= 0.3 is 0 Å². The van der Waals surface area contributed by atoms with Crippen LogP contribution in [0.2, 0.25) is 0 Å². The van der Waals surface area contributed by atoms with E-state index in [1.165, 1.54) is 12.1 Å². The van der Waals surface area contributed by atoms with Crippen LogP contribution >= 0.6 is 11.9 Å². The van der Waals surface area contributed by atoms with Gasteiger partial charge in [0.05, 0.1) is 24.6 Å². The molecule has 5 rings (SSSR count). The van der Waals surface area contributed by atoms with Crippen molar-refractivity contribution in [2.45, 2.75) is 44.2 Å². The SMILES string of the molecule is CCCn1ncc(SN2CCC3Cc4c(cnn4-c4ccc(F)cc4)CC3(C=O)C2)n1. The number of carbonyl (C=O) groups excluding carboxylic acids is 1. The second-order valence-corrected chi connectivity index (χ2v) is 9.57. The first-order valence-electron chi connectivity index (χ1n) is 10.7. The first kappa shape index (κ1) is 20.4. The summed E-state index contributed by atoms with van der Waals surface area (Å²) in [6, 6.07) is 6.40. The van der Waals surface area contributed by atoms with Gasteiger partial charge in [0, 0.05) is 24.2 Å². The molecule has 9 heteroatoms. The number of halogens is 1. The molecule has 0 bridgehead atoms. The molecule has 7 nitrogen and oxygen atoms in total. The molecule has 2 atom stereocenters. The monoisotopic (exact) mass is 440 g/mol. The molecule has 3 heterocycles. The summed E-state index contributed by atoms with van der Waals surface area (Å²) in [6.45, 7) is 4.49. The minimum atomic E-state index is -0.422. The Balaban J connectivity index is 1.36. The van der Waals surface area contributed by atoms with Crippen LogP contribution in [0.1, 0.15) is 31.0 Å². The van der Waals surface area contributed by atoms with Crippen LogP contribution < -0.4 is 0 Å². The lowest BCUT2D eigenvalue weighted by molar-refractivity contribution is -0.122. The van der Waals surface area contributed by atoms with Gasteiger partial charge in [-0.05, 0) is 73.4 Å². The Morgan fingerprint density at radius 3 is 2.87 bits per heavy atom. The minimum absolute atomic E-state index is 0.260. The average molecular weight is 441 g/mol. The highest BCUT2D eigenvalue weighted by molar-refractivity contribution is 7.97. The van der Waals surface area contributed by atoms with E-state index in [-0.39, 0.29) is 11.7 Å². The molecule has 3 aromatic rings. The van der Waals surface area contributed by atoms with Crippen molar-refractivity contribution in [2.75, 3.05) is 13.1 Å². The third kappa shape index (κ3) is 3.80. The van der Waals surface area contributed by atoms with Crippen LogP contribution in [0, 0.1) is 17.2 Å². The number of aryl methyl sites for hydroxylation is 1. The van der Waals surface area contributed by atoms with Crippen LogP contribution in [-0.2, 0) is 24.2 Å².